The SMILES string of the molecule is COC(=O)C1(C)CCC2=C(CCc3cc(OC)ccc32)C1=O. The number of esters is 1. The van der Waals surface area contributed by atoms with Crippen molar-refractivity contribution in [3.05, 3.63) is 34.9 Å². The van der Waals surface area contributed by atoms with Gasteiger partial charge in [-0.1, -0.05) is 6.07 Å². The molecule has 0 bridgehead atoms. The molecule has 116 valence electrons. The van der Waals surface area contributed by atoms with Crippen LogP contribution in [0.2, 0.25) is 0 Å². The van der Waals surface area contributed by atoms with Gasteiger partial charge in [0.25, 0.3) is 0 Å². The molecule has 0 fully saturated rings. The number of rotatable bonds is 2. The van der Waals surface area contributed by atoms with Crippen LogP contribution in [0, 0.1) is 5.41 Å². The Labute approximate surface area is 130 Å². The van der Waals surface area contributed by atoms with Crippen LogP contribution in [0.15, 0.2) is 23.8 Å². The van der Waals surface area contributed by atoms with E-state index in [-0.39, 0.29) is 5.78 Å². The van der Waals surface area contributed by atoms with Gasteiger partial charge in [0.05, 0.1) is 14.2 Å². The summed E-state index contributed by atoms with van der Waals surface area (Å²) in [5.41, 5.74) is 3.21. The average Bonchev–Trinajstić information content (AvgIpc) is 2.56. The smallest absolute Gasteiger partial charge is 0.319 e. The van der Waals surface area contributed by atoms with E-state index in [1.54, 1.807) is 14.0 Å². The Kier molecular flexibility index (Phi) is 3.55. The van der Waals surface area contributed by atoms with Gasteiger partial charge in [0.2, 0.25) is 0 Å². The summed E-state index contributed by atoms with van der Waals surface area (Å²) in [6.07, 6.45) is 2.71. The Hall–Kier alpha value is -2.10. The molecule has 0 spiro atoms. The predicted molar refractivity (Wildman–Crippen MR) is 82.6 cm³/mol. The van der Waals surface area contributed by atoms with Crippen LogP contribution >= 0.6 is 0 Å². The minimum absolute atomic E-state index is 0.0675. The van der Waals surface area contributed by atoms with Crippen molar-refractivity contribution < 1.29 is 19.1 Å². The van der Waals surface area contributed by atoms with Crippen molar-refractivity contribution in [1.82, 2.24) is 0 Å². The Morgan fingerprint density at radius 3 is 2.59 bits per heavy atom. The van der Waals surface area contributed by atoms with Crippen LogP contribution in [0.25, 0.3) is 5.57 Å². The van der Waals surface area contributed by atoms with Crippen LogP contribution in [0.1, 0.15) is 37.3 Å². The van der Waals surface area contributed by atoms with Crippen molar-refractivity contribution in [3.63, 3.8) is 0 Å². The van der Waals surface area contributed by atoms with E-state index < -0.39 is 11.4 Å². The minimum atomic E-state index is -1.03. The highest BCUT2D eigenvalue weighted by atomic mass is 16.5. The topological polar surface area (TPSA) is 52.6 Å². The van der Waals surface area contributed by atoms with Gasteiger partial charge in [-0.15, -0.1) is 0 Å². The number of carbonyl (C=O) groups is 2. The molecule has 0 radical (unpaired) electrons. The van der Waals surface area contributed by atoms with Crippen molar-refractivity contribution in [3.8, 4) is 5.75 Å². The fourth-order valence-corrected chi connectivity index (χ4v) is 3.55. The van der Waals surface area contributed by atoms with E-state index in [2.05, 4.69) is 0 Å². The Balaban J connectivity index is 2.05. The highest BCUT2D eigenvalue weighted by Crippen LogP contribution is 2.46. The molecule has 4 heteroatoms. The summed E-state index contributed by atoms with van der Waals surface area (Å²) >= 11 is 0. The Bertz CT molecular complexity index is 686. The molecule has 2 aliphatic rings. The second-order valence-corrected chi connectivity index (χ2v) is 6.13. The normalized spacial score (nSPS) is 23.7. The molecule has 2 aliphatic carbocycles. The molecule has 0 heterocycles. The number of methoxy groups -OCH3 is 2. The van der Waals surface area contributed by atoms with Crippen LogP contribution in [0.3, 0.4) is 0 Å². The van der Waals surface area contributed by atoms with Gasteiger partial charge in [-0.25, -0.2) is 0 Å². The van der Waals surface area contributed by atoms with Gasteiger partial charge in [0.15, 0.2) is 5.78 Å². The number of aryl methyl sites for hydroxylation is 1. The second-order valence-electron chi connectivity index (χ2n) is 6.13. The average molecular weight is 300 g/mol. The molecule has 3 rings (SSSR count). The molecule has 0 saturated heterocycles. The number of allylic oxidation sites excluding steroid dienone is 2. The zero-order valence-corrected chi connectivity index (χ0v) is 13.2. The van der Waals surface area contributed by atoms with Crippen LogP contribution in [-0.2, 0) is 20.7 Å². The first-order valence-electron chi connectivity index (χ1n) is 7.54. The summed E-state index contributed by atoms with van der Waals surface area (Å²) in [4.78, 5) is 24.9. The molecule has 1 aromatic rings. The van der Waals surface area contributed by atoms with Gasteiger partial charge >= 0.3 is 5.97 Å². The largest absolute Gasteiger partial charge is 0.497 e. The number of fused-ring (bicyclic) bond motifs is 2. The first kappa shape index (κ1) is 14.8. The molecule has 4 nitrogen and oxygen atoms in total. The summed E-state index contributed by atoms with van der Waals surface area (Å²) in [6.45, 7) is 1.70. The highest BCUT2D eigenvalue weighted by Gasteiger charge is 2.47. The maximum Gasteiger partial charge on any atom is 0.319 e. The second kappa shape index (κ2) is 5.27. The zero-order chi connectivity index (χ0) is 15.9. The summed E-state index contributed by atoms with van der Waals surface area (Å²) in [7, 11) is 2.99. The van der Waals surface area contributed by atoms with E-state index in [4.69, 9.17) is 9.47 Å². The van der Waals surface area contributed by atoms with Gasteiger partial charge < -0.3 is 9.47 Å². The lowest BCUT2D eigenvalue weighted by Gasteiger charge is -2.35. The summed E-state index contributed by atoms with van der Waals surface area (Å²) < 4.78 is 10.1. The molecular formula is C18H20O4. The lowest BCUT2D eigenvalue weighted by Crippen LogP contribution is -2.41. The van der Waals surface area contributed by atoms with Crippen LogP contribution in [0.4, 0.5) is 0 Å². The van der Waals surface area contributed by atoms with Crippen LogP contribution in [0.5, 0.6) is 5.75 Å². The van der Waals surface area contributed by atoms with Crippen molar-refractivity contribution in [1.29, 1.82) is 0 Å². The molecule has 22 heavy (non-hydrogen) atoms. The first-order chi connectivity index (χ1) is 10.5. The number of ether oxygens (including phenoxy) is 2. The maximum absolute atomic E-state index is 12.8. The molecule has 0 aliphatic heterocycles. The van der Waals surface area contributed by atoms with E-state index in [1.165, 1.54) is 12.7 Å². The number of Topliss-reactive ketones (excluding diaryl/α,β-unsaturated/α-hetero) is 1. The third-order valence-corrected chi connectivity index (χ3v) is 4.93. The lowest BCUT2D eigenvalue weighted by atomic mass is 9.67. The molecule has 1 atom stereocenters. The summed E-state index contributed by atoms with van der Waals surface area (Å²) in [5.74, 6) is 0.344. The third kappa shape index (κ3) is 2.05. The first-order valence-corrected chi connectivity index (χ1v) is 7.54. The van der Waals surface area contributed by atoms with E-state index in [9.17, 15) is 9.59 Å². The van der Waals surface area contributed by atoms with E-state index >= 15 is 0 Å². The molecular weight excluding hydrogens is 280 g/mol. The van der Waals surface area contributed by atoms with Crippen molar-refractivity contribution in [2.75, 3.05) is 14.2 Å². The summed E-state index contributed by atoms with van der Waals surface area (Å²) in [6, 6.07) is 5.99. The number of carbonyl (C=O) groups excluding carboxylic acids is 2. The molecule has 0 aromatic heterocycles. The third-order valence-electron chi connectivity index (χ3n) is 4.93. The highest BCUT2D eigenvalue weighted by molar-refractivity contribution is 6.17. The van der Waals surface area contributed by atoms with Gasteiger partial charge in [0, 0.05) is 5.57 Å². The lowest BCUT2D eigenvalue weighted by molar-refractivity contribution is -0.156. The van der Waals surface area contributed by atoms with E-state index in [0.717, 1.165) is 35.3 Å². The number of benzene rings is 1. The van der Waals surface area contributed by atoms with Gasteiger partial charge in [0.1, 0.15) is 11.2 Å². The van der Waals surface area contributed by atoms with Crippen molar-refractivity contribution >= 4 is 17.3 Å². The monoisotopic (exact) mass is 300 g/mol. The van der Waals surface area contributed by atoms with Crippen molar-refractivity contribution in [2.24, 2.45) is 5.41 Å². The molecule has 0 amide bonds. The minimum Gasteiger partial charge on any atom is -0.497 e. The van der Waals surface area contributed by atoms with Crippen molar-refractivity contribution in [2.45, 2.75) is 32.6 Å². The quantitative estimate of drug-likeness (QED) is 0.622. The fourth-order valence-electron chi connectivity index (χ4n) is 3.55. The van der Waals surface area contributed by atoms with Gasteiger partial charge in [-0.2, -0.15) is 0 Å². The van der Waals surface area contributed by atoms with Crippen LogP contribution in [-0.4, -0.2) is 26.0 Å². The zero-order valence-electron chi connectivity index (χ0n) is 13.2. The standard InChI is InChI=1S/C18H20O4/c1-18(17(20)22-3)9-8-14-13-7-5-12(21-2)10-11(13)4-6-15(14)16(18)19/h5,7,10H,4,6,8-9H2,1-3H3. The Morgan fingerprint density at radius 2 is 1.91 bits per heavy atom. The fraction of sp³-hybridized carbons (Fsp3) is 0.444. The van der Waals surface area contributed by atoms with E-state index in [1.807, 2.05) is 18.2 Å². The predicted octanol–water partition coefficient (Wildman–Crippen LogP) is 2.94. The number of ketones is 1. The number of hydrogen-bond donors (Lipinski definition) is 0. The van der Waals surface area contributed by atoms with Crippen LogP contribution < -0.4 is 4.74 Å². The van der Waals surface area contributed by atoms with E-state index in [0.29, 0.717) is 12.8 Å². The molecule has 1 aromatic carbocycles. The molecule has 0 N–H and O–H groups in total. The van der Waals surface area contributed by atoms with Gasteiger partial charge in [-0.05, 0) is 61.4 Å². The summed E-state index contributed by atoms with van der Waals surface area (Å²) in [5, 5.41) is 0. The van der Waals surface area contributed by atoms with Gasteiger partial charge in [-0.3, -0.25) is 9.59 Å². The maximum atomic E-state index is 12.8. The molecule has 0 saturated carbocycles. The Morgan fingerprint density at radius 1 is 1.14 bits per heavy atom. The molecule has 1 unspecified atom stereocenters. The number of hydrogen-bond acceptors (Lipinski definition) is 4.